The van der Waals surface area contributed by atoms with Crippen molar-refractivity contribution in [1.29, 1.82) is 0 Å². The summed E-state index contributed by atoms with van der Waals surface area (Å²) in [6, 6.07) is 17.0. The Morgan fingerprint density at radius 2 is 1.52 bits per heavy atom. The predicted octanol–water partition coefficient (Wildman–Crippen LogP) is -1.24. The molecule has 2 aromatic carbocycles. The summed E-state index contributed by atoms with van der Waals surface area (Å²) in [4.78, 5) is 26.1. The van der Waals surface area contributed by atoms with Crippen molar-refractivity contribution in [2.75, 3.05) is 0 Å². The maximum atomic E-state index is 13.0. The number of amides is 1. The Bertz CT molecular complexity index is 749. The molecule has 25 heavy (non-hydrogen) atoms. The number of nitrogens with zero attached hydrogens (tertiary/aromatic N) is 1. The monoisotopic (exact) mass is 331 g/mol. The molecular weight excluding hydrogens is 313 g/mol. The van der Waals surface area contributed by atoms with E-state index in [1.54, 1.807) is 62.4 Å². The molecule has 0 N–H and O–H groups in total. The van der Waals surface area contributed by atoms with Crippen LogP contribution in [0.25, 0.3) is 0 Å². The molecule has 5 nitrogen and oxygen atoms in total. The van der Waals surface area contributed by atoms with Crippen molar-refractivity contribution >= 4 is 11.9 Å². The molecule has 0 bridgehead atoms. The molecule has 1 fully saturated rings. The summed E-state index contributed by atoms with van der Waals surface area (Å²) in [6.45, 7) is 3.37. The molecule has 1 aliphatic heterocycles. The summed E-state index contributed by atoms with van der Waals surface area (Å²) in [5.41, 5.74) is 0.105. The van der Waals surface area contributed by atoms with E-state index in [0.29, 0.717) is 11.1 Å². The van der Waals surface area contributed by atoms with Gasteiger partial charge in [-0.05, 0) is 31.5 Å². The normalized spacial score (nSPS) is 21.4. The molecule has 0 spiro atoms. The molecule has 1 saturated heterocycles. The zero-order valence-corrected chi connectivity index (χ0v) is 14.5. The Morgan fingerprint density at radius 3 is 2.04 bits per heavy atom. The Balaban J connectivity index is 0.00000225. The Hall–Kier alpha value is -2.06. The van der Waals surface area contributed by atoms with Crippen LogP contribution in [-0.2, 0) is 9.53 Å². The second-order valence-electron chi connectivity index (χ2n) is 6.20. The van der Waals surface area contributed by atoms with E-state index in [1.807, 2.05) is 12.1 Å². The molecule has 0 aromatic heterocycles. The molecule has 2 aromatic rings. The van der Waals surface area contributed by atoms with Gasteiger partial charge in [0.25, 0.3) is 5.91 Å². The van der Waals surface area contributed by atoms with Crippen LogP contribution in [0.5, 0.6) is 0 Å². The molecule has 1 heterocycles. The predicted molar refractivity (Wildman–Crippen MR) is 85.8 cm³/mol. The minimum absolute atomic E-state index is 0. The van der Waals surface area contributed by atoms with E-state index in [-0.39, 0.29) is 24.8 Å². The van der Waals surface area contributed by atoms with Gasteiger partial charge in [0.05, 0.1) is 12.0 Å². The van der Waals surface area contributed by atoms with Crippen LogP contribution < -0.4 is 24.0 Å². The molecule has 3 rings (SSSR count). The first-order valence-corrected chi connectivity index (χ1v) is 7.74. The maximum Gasteiger partial charge on any atom is 1.00 e. The number of carboxylic acid groups (broad SMARTS) is 1. The Labute approximate surface area is 158 Å². The van der Waals surface area contributed by atoms with Gasteiger partial charge in [-0.25, -0.2) is 0 Å². The van der Waals surface area contributed by atoms with Crippen molar-refractivity contribution in [3.05, 3.63) is 71.8 Å². The molecule has 2 unspecified atom stereocenters. The van der Waals surface area contributed by atoms with Crippen molar-refractivity contribution in [2.45, 2.75) is 31.7 Å². The van der Waals surface area contributed by atoms with Crippen molar-refractivity contribution < 1.29 is 38.3 Å². The van der Waals surface area contributed by atoms with Gasteiger partial charge in [0.15, 0.2) is 0 Å². The quantitative estimate of drug-likeness (QED) is 0.660. The smallest absolute Gasteiger partial charge is 0.547 e. The number of hydrogen-bond acceptors (Lipinski definition) is 4. The summed E-state index contributed by atoms with van der Waals surface area (Å²) < 4.78 is 5.68. The van der Waals surface area contributed by atoms with Crippen LogP contribution in [0.2, 0.25) is 0 Å². The standard InChI is InChI=1S/C19H19NO4.Li/c1-19(2)20(17(21)14-11-7-4-8-12-14)15(16(24-19)18(22)23)13-9-5-3-6-10-13;/h3-12,15-16H,1-2H3,(H,22,23);/q;+1/p-1. The van der Waals surface area contributed by atoms with Gasteiger partial charge in [0.1, 0.15) is 11.8 Å². The van der Waals surface area contributed by atoms with Crippen molar-refractivity contribution in [2.24, 2.45) is 0 Å². The van der Waals surface area contributed by atoms with E-state index in [1.165, 1.54) is 4.90 Å². The zero-order chi connectivity index (χ0) is 17.3. The van der Waals surface area contributed by atoms with E-state index < -0.39 is 23.8 Å². The molecule has 0 saturated carbocycles. The van der Waals surface area contributed by atoms with E-state index in [9.17, 15) is 14.7 Å². The average Bonchev–Trinajstić information content (AvgIpc) is 2.87. The number of aliphatic carboxylic acids is 1. The first kappa shape index (κ1) is 19.3. The minimum atomic E-state index is -1.33. The van der Waals surface area contributed by atoms with Crippen molar-refractivity contribution in [3.8, 4) is 0 Å². The molecule has 1 aliphatic rings. The molecule has 0 aliphatic carbocycles. The number of carboxylic acids is 1. The van der Waals surface area contributed by atoms with E-state index >= 15 is 0 Å². The summed E-state index contributed by atoms with van der Waals surface area (Å²) in [6.07, 6.45) is -1.23. The van der Waals surface area contributed by atoms with Crippen LogP contribution in [-0.4, -0.2) is 28.6 Å². The number of hydrogen-bond donors (Lipinski definition) is 0. The molecular formula is C19H18LiNO4. The summed E-state index contributed by atoms with van der Waals surface area (Å²) in [5.74, 6) is -1.61. The van der Waals surface area contributed by atoms with Gasteiger partial charge < -0.3 is 19.5 Å². The minimum Gasteiger partial charge on any atom is -0.547 e. The van der Waals surface area contributed by atoms with Gasteiger partial charge in [-0.3, -0.25) is 4.79 Å². The van der Waals surface area contributed by atoms with Gasteiger partial charge in [-0.2, -0.15) is 0 Å². The zero-order valence-electron chi connectivity index (χ0n) is 14.5. The third kappa shape index (κ3) is 3.64. The molecule has 1 amide bonds. The SMILES string of the molecule is CC1(C)OC(C(=O)[O-])C(c2ccccc2)N1C(=O)c1ccccc1.[Li+]. The third-order valence-electron chi connectivity index (χ3n) is 4.17. The number of carbonyl (C=O) groups is 2. The second kappa shape index (κ2) is 7.45. The number of carbonyl (C=O) groups excluding carboxylic acids is 2. The average molecular weight is 331 g/mol. The molecule has 2 atom stereocenters. The fraction of sp³-hybridized carbons (Fsp3) is 0.263. The van der Waals surface area contributed by atoms with Crippen LogP contribution >= 0.6 is 0 Å². The topological polar surface area (TPSA) is 69.7 Å². The van der Waals surface area contributed by atoms with Gasteiger partial charge in [-0.15, -0.1) is 0 Å². The van der Waals surface area contributed by atoms with E-state index in [4.69, 9.17) is 4.74 Å². The summed E-state index contributed by atoms with van der Waals surface area (Å²) >= 11 is 0. The van der Waals surface area contributed by atoms with Gasteiger partial charge in [0.2, 0.25) is 0 Å². The largest absolute Gasteiger partial charge is 1.00 e. The number of rotatable bonds is 3. The van der Waals surface area contributed by atoms with Crippen LogP contribution in [0, 0.1) is 0 Å². The van der Waals surface area contributed by atoms with Crippen LogP contribution in [0.1, 0.15) is 35.8 Å². The van der Waals surface area contributed by atoms with Crippen LogP contribution in [0.3, 0.4) is 0 Å². The second-order valence-corrected chi connectivity index (χ2v) is 6.20. The molecule has 6 heteroatoms. The third-order valence-corrected chi connectivity index (χ3v) is 4.17. The van der Waals surface area contributed by atoms with Crippen LogP contribution in [0.4, 0.5) is 0 Å². The first-order chi connectivity index (χ1) is 11.4. The summed E-state index contributed by atoms with van der Waals surface area (Å²) in [7, 11) is 0. The van der Waals surface area contributed by atoms with Crippen molar-refractivity contribution in [1.82, 2.24) is 4.90 Å². The number of benzene rings is 2. The van der Waals surface area contributed by atoms with Gasteiger partial charge >= 0.3 is 18.9 Å². The van der Waals surface area contributed by atoms with E-state index in [0.717, 1.165) is 0 Å². The van der Waals surface area contributed by atoms with E-state index in [2.05, 4.69) is 0 Å². The Kier molecular flexibility index (Phi) is 5.74. The summed E-state index contributed by atoms with van der Waals surface area (Å²) in [5, 5.41) is 11.6. The maximum absolute atomic E-state index is 13.0. The number of ether oxygens (including phenoxy) is 1. The Morgan fingerprint density at radius 1 is 1.00 bits per heavy atom. The first-order valence-electron chi connectivity index (χ1n) is 7.74. The van der Waals surface area contributed by atoms with Gasteiger partial charge in [-0.1, -0.05) is 48.5 Å². The van der Waals surface area contributed by atoms with Crippen LogP contribution in [0.15, 0.2) is 60.7 Å². The van der Waals surface area contributed by atoms with Gasteiger partial charge in [0, 0.05) is 5.56 Å². The van der Waals surface area contributed by atoms with Crippen molar-refractivity contribution in [3.63, 3.8) is 0 Å². The molecule has 0 radical (unpaired) electrons. The fourth-order valence-electron chi connectivity index (χ4n) is 3.14. The molecule has 124 valence electrons. The fourth-order valence-corrected chi connectivity index (χ4v) is 3.14.